The number of carbonyl (C=O) groups is 2. The molecule has 0 bridgehead atoms. The van der Waals surface area contributed by atoms with Gasteiger partial charge in [0, 0.05) is 38.9 Å². The second kappa shape index (κ2) is 7.46. The van der Waals surface area contributed by atoms with E-state index in [2.05, 4.69) is 23.8 Å². The topological polar surface area (TPSA) is 84.5 Å². The van der Waals surface area contributed by atoms with Crippen LogP contribution in [0.15, 0.2) is 41.4 Å². The van der Waals surface area contributed by atoms with Crippen LogP contribution in [-0.4, -0.2) is 62.3 Å². The molecule has 0 unspecified atom stereocenters. The van der Waals surface area contributed by atoms with Crippen molar-refractivity contribution in [2.45, 2.75) is 20.4 Å². The van der Waals surface area contributed by atoms with Crippen molar-refractivity contribution in [1.82, 2.24) is 24.3 Å². The van der Waals surface area contributed by atoms with E-state index in [1.54, 1.807) is 40.5 Å². The van der Waals surface area contributed by atoms with Gasteiger partial charge in [-0.3, -0.25) is 9.59 Å². The molecule has 0 atom stereocenters. The Morgan fingerprint density at radius 2 is 1.82 bits per heavy atom. The molecule has 0 aromatic carbocycles. The predicted molar refractivity (Wildman–Crippen MR) is 103 cm³/mol. The number of furan rings is 1. The van der Waals surface area contributed by atoms with E-state index in [-0.39, 0.29) is 11.8 Å². The molecule has 0 saturated carbocycles. The van der Waals surface area contributed by atoms with Crippen molar-refractivity contribution in [3.05, 3.63) is 48.3 Å². The van der Waals surface area contributed by atoms with Crippen molar-refractivity contribution in [2.75, 3.05) is 26.2 Å². The summed E-state index contributed by atoms with van der Waals surface area (Å²) in [7, 11) is 0. The zero-order valence-corrected chi connectivity index (χ0v) is 16.0. The lowest BCUT2D eigenvalue weighted by Gasteiger charge is -2.34. The smallest absolute Gasteiger partial charge is 0.289 e. The number of hydrogen-bond donors (Lipinski definition) is 0. The van der Waals surface area contributed by atoms with Gasteiger partial charge in [-0.25, -0.2) is 9.97 Å². The molecule has 3 aromatic rings. The molecule has 1 saturated heterocycles. The number of hydrogen-bond acceptors (Lipinski definition) is 5. The van der Waals surface area contributed by atoms with Gasteiger partial charge in [0.15, 0.2) is 11.4 Å². The minimum absolute atomic E-state index is 0.0853. The van der Waals surface area contributed by atoms with Crippen molar-refractivity contribution >= 4 is 23.0 Å². The fourth-order valence-corrected chi connectivity index (χ4v) is 3.44. The molecule has 0 N–H and O–H groups in total. The molecule has 28 heavy (non-hydrogen) atoms. The van der Waals surface area contributed by atoms with E-state index in [1.165, 1.54) is 6.26 Å². The van der Waals surface area contributed by atoms with Gasteiger partial charge in [-0.05, 0) is 24.1 Å². The standard InChI is InChI=1S/C20H23N5O3/c1-14(2)12-25-13-22-16-10-15(11-21-18(16)25)19(26)23-5-7-24(8-6-23)20(27)17-4-3-9-28-17/h3-4,9-11,13-14H,5-8,12H2,1-2H3. The highest BCUT2D eigenvalue weighted by Gasteiger charge is 2.27. The summed E-state index contributed by atoms with van der Waals surface area (Å²) in [6, 6.07) is 5.14. The van der Waals surface area contributed by atoms with Gasteiger partial charge in [0.25, 0.3) is 11.8 Å². The molecule has 2 amide bonds. The molecule has 0 aliphatic carbocycles. The fourth-order valence-electron chi connectivity index (χ4n) is 3.44. The summed E-state index contributed by atoms with van der Waals surface area (Å²) in [5.74, 6) is 0.584. The molecular formula is C20H23N5O3. The van der Waals surface area contributed by atoms with Gasteiger partial charge in [-0.2, -0.15) is 0 Å². The molecule has 1 aliphatic rings. The molecule has 1 aliphatic heterocycles. The van der Waals surface area contributed by atoms with E-state index in [1.807, 2.05) is 4.57 Å². The zero-order chi connectivity index (χ0) is 19.7. The van der Waals surface area contributed by atoms with Crippen LogP contribution in [0.3, 0.4) is 0 Å². The van der Waals surface area contributed by atoms with Crippen LogP contribution in [0.5, 0.6) is 0 Å². The summed E-state index contributed by atoms with van der Waals surface area (Å²) in [6.45, 7) is 7.02. The monoisotopic (exact) mass is 381 g/mol. The minimum Gasteiger partial charge on any atom is -0.459 e. The molecular weight excluding hydrogens is 358 g/mol. The minimum atomic E-state index is -0.143. The van der Waals surface area contributed by atoms with Crippen molar-refractivity contribution in [3.8, 4) is 0 Å². The molecule has 0 spiro atoms. The summed E-state index contributed by atoms with van der Waals surface area (Å²) < 4.78 is 7.18. The van der Waals surface area contributed by atoms with E-state index in [0.29, 0.717) is 43.4 Å². The maximum Gasteiger partial charge on any atom is 0.289 e. The Morgan fingerprint density at radius 1 is 1.11 bits per heavy atom. The third kappa shape index (κ3) is 3.49. The average Bonchev–Trinajstić information content (AvgIpc) is 3.37. The van der Waals surface area contributed by atoms with Crippen LogP contribution in [0.2, 0.25) is 0 Å². The van der Waals surface area contributed by atoms with Crippen molar-refractivity contribution in [3.63, 3.8) is 0 Å². The van der Waals surface area contributed by atoms with Crippen LogP contribution >= 0.6 is 0 Å². The Hall–Kier alpha value is -3.16. The highest BCUT2D eigenvalue weighted by molar-refractivity contribution is 5.97. The Bertz CT molecular complexity index is 985. The first kappa shape index (κ1) is 18.2. The number of piperazine rings is 1. The molecule has 146 valence electrons. The number of aromatic nitrogens is 3. The van der Waals surface area contributed by atoms with Gasteiger partial charge < -0.3 is 18.8 Å². The largest absolute Gasteiger partial charge is 0.459 e. The van der Waals surface area contributed by atoms with Crippen LogP contribution in [-0.2, 0) is 6.54 Å². The molecule has 3 aromatic heterocycles. The third-order valence-electron chi connectivity index (χ3n) is 4.85. The van der Waals surface area contributed by atoms with Gasteiger partial charge in [0.1, 0.15) is 5.52 Å². The van der Waals surface area contributed by atoms with E-state index in [0.717, 1.165) is 17.7 Å². The third-order valence-corrected chi connectivity index (χ3v) is 4.85. The number of nitrogens with zero attached hydrogens (tertiary/aromatic N) is 5. The Labute approximate surface area is 162 Å². The van der Waals surface area contributed by atoms with Gasteiger partial charge >= 0.3 is 0 Å². The molecule has 8 nitrogen and oxygen atoms in total. The number of imidazole rings is 1. The number of pyridine rings is 1. The number of rotatable bonds is 4. The summed E-state index contributed by atoms with van der Waals surface area (Å²) >= 11 is 0. The fraction of sp³-hybridized carbons (Fsp3) is 0.400. The molecule has 0 radical (unpaired) electrons. The SMILES string of the molecule is CC(C)Cn1cnc2cc(C(=O)N3CCN(C(=O)c4ccco4)CC3)cnc21. The molecule has 4 rings (SSSR count). The lowest BCUT2D eigenvalue weighted by molar-refractivity contribution is 0.0518. The molecule has 4 heterocycles. The van der Waals surface area contributed by atoms with Crippen LogP contribution in [0.4, 0.5) is 0 Å². The average molecular weight is 381 g/mol. The van der Waals surface area contributed by atoms with Gasteiger partial charge in [-0.1, -0.05) is 13.8 Å². The first-order valence-electron chi connectivity index (χ1n) is 9.46. The quantitative estimate of drug-likeness (QED) is 0.692. The second-order valence-corrected chi connectivity index (χ2v) is 7.42. The van der Waals surface area contributed by atoms with Crippen molar-refractivity contribution < 1.29 is 14.0 Å². The molecule has 8 heteroatoms. The predicted octanol–water partition coefficient (Wildman–Crippen LogP) is 2.28. The van der Waals surface area contributed by atoms with Gasteiger partial charge in [0.2, 0.25) is 0 Å². The van der Waals surface area contributed by atoms with Crippen molar-refractivity contribution in [2.24, 2.45) is 5.92 Å². The Balaban J connectivity index is 1.43. The normalized spacial score (nSPS) is 14.8. The molecule has 1 fully saturated rings. The Kier molecular flexibility index (Phi) is 4.85. The number of amides is 2. The van der Waals surface area contributed by atoms with Gasteiger partial charge in [-0.15, -0.1) is 0 Å². The van der Waals surface area contributed by atoms with Crippen LogP contribution in [0, 0.1) is 5.92 Å². The summed E-state index contributed by atoms with van der Waals surface area (Å²) in [4.78, 5) is 37.5. The first-order chi connectivity index (χ1) is 13.5. The lowest BCUT2D eigenvalue weighted by Crippen LogP contribution is -2.50. The van der Waals surface area contributed by atoms with Gasteiger partial charge in [0.05, 0.1) is 18.2 Å². The van der Waals surface area contributed by atoms with Crippen molar-refractivity contribution in [1.29, 1.82) is 0 Å². The first-order valence-corrected chi connectivity index (χ1v) is 9.46. The van der Waals surface area contributed by atoms with E-state index in [9.17, 15) is 9.59 Å². The summed E-state index contributed by atoms with van der Waals surface area (Å²) in [6.07, 6.45) is 4.87. The van der Waals surface area contributed by atoms with Crippen LogP contribution < -0.4 is 0 Å². The maximum absolute atomic E-state index is 12.9. The van der Waals surface area contributed by atoms with Crippen LogP contribution in [0.25, 0.3) is 11.2 Å². The maximum atomic E-state index is 12.9. The second-order valence-electron chi connectivity index (χ2n) is 7.42. The van der Waals surface area contributed by atoms with E-state index >= 15 is 0 Å². The zero-order valence-electron chi connectivity index (χ0n) is 16.0. The summed E-state index contributed by atoms with van der Waals surface area (Å²) in [5, 5.41) is 0. The van der Waals surface area contributed by atoms with E-state index in [4.69, 9.17) is 4.42 Å². The lowest BCUT2D eigenvalue weighted by atomic mass is 10.2. The number of fused-ring (bicyclic) bond motifs is 1. The highest BCUT2D eigenvalue weighted by Crippen LogP contribution is 2.16. The summed E-state index contributed by atoms with van der Waals surface area (Å²) in [5.41, 5.74) is 2.03. The van der Waals surface area contributed by atoms with E-state index < -0.39 is 0 Å². The highest BCUT2D eigenvalue weighted by atomic mass is 16.3. The Morgan fingerprint density at radius 3 is 2.46 bits per heavy atom. The van der Waals surface area contributed by atoms with Crippen LogP contribution in [0.1, 0.15) is 34.8 Å². The number of carbonyl (C=O) groups excluding carboxylic acids is 2.